The molecule has 0 aliphatic heterocycles. The van der Waals surface area contributed by atoms with E-state index in [-0.39, 0.29) is 18.5 Å². The van der Waals surface area contributed by atoms with Gasteiger partial charge in [-0.15, -0.1) is 0 Å². The van der Waals surface area contributed by atoms with E-state index in [2.05, 4.69) is 27.8 Å². The van der Waals surface area contributed by atoms with Crippen LogP contribution in [-0.2, 0) is 6.42 Å². The lowest BCUT2D eigenvalue weighted by Gasteiger charge is -2.19. The molecule has 1 atom stereocenters. The van der Waals surface area contributed by atoms with Gasteiger partial charge in [0.2, 0.25) is 0 Å². The minimum Gasteiger partial charge on any atom is -0.338 e. The molecule has 0 aliphatic rings. The average Bonchev–Trinajstić information content (AvgIpc) is 2.57. The highest BCUT2D eigenvalue weighted by atomic mass is 19.1. The largest absolute Gasteiger partial charge is 0.338 e. The van der Waals surface area contributed by atoms with E-state index >= 15 is 0 Å². The van der Waals surface area contributed by atoms with Crippen LogP contribution in [0.1, 0.15) is 22.6 Å². The topological polar surface area (TPSA) is 54.0 Å². The molecule has 1 heterocycles. The number of carbonyl (C=O) groups is 1. The number of amides is 2. The molecule has 0 bridgehead atoms. The second kappa shape index (κ2) is 8.88. The fourth-order valence-corrected chi connectivity index (χ4v) is 2.47. The van der Waals surface area contributed by atoms with Crippen molar-refractivity contribution >= 4 is 6.03 Å². The van der Waals surface area contributed by atoms with Crippen LogP contribution in [0.25, 0.3) is 0 Å². The maximum Gasteiger partial charge on any atom is 0.314 e. The van der Waals surface area contributed by atoms with Crippen molar-refractivity contribution in [2.75, 3.05) is 19.8 Å². The van der Waals surface area contributed by atoms with Gasteiger partial charge in [-0.3, -0.25) is 4.98 Å². The summed E-state index contributed by atoms with van der Waals surface area (Å²) in [5.41, 5.74) is 3.52. The number of carbonyl (C=O) groups excluding carboxylic acids is 1. The highest BCUT2D eigenvalue weighted by Crippen LogP contribution is 2.21. The maximum absolute atomic E-state index is 12.1. The lowest BCUT2D eigenvalue weighted by Crippen LogP contribution is -2.39. The van der Waals surface area contributed by atoms with Crippen LogP contribution in [0.4, 0.5) is 9.18 Å². The normalized spacial score (nSPS) is 11.7. The summed E-state index contributed by atoms with van der Waals surface area (Å²) < 4.78 is 12.1. The Labute approximate surface area is 136 Å². The van der Waals surface area contributed by atoms with Crippen LogP contribution in [0.15, 0.2) is 48.8 Å². The molecule has 122 valence electrons. The van der Waals surface area contributed by atoms with Gasteiger partial charge in [0.15, 0.2) is 0 Å². The Kier molecular flexibility index (Phi) is 6.54. The van der Waals surface area contributed by atoms with Gasteiger partial charge in [0.25, 0.3) is 0 Å². The summed E-state index contributed by atoms with van der Waals surface area (Å²) in [7, 11) is 0. The predicted molar refractivity (Wildman–Crippen MR) is 89.2 cm³/mol. The third kappa shape index (κ3) is 5.70. The second-order valence-electron chi connectivity index (χ2n) is 5.50. The molecule has 0 fully saturated rings. The number of rotatable bonds is 7. The van der Waals surface area contributed by atoms with Crippen molar-refractivity contribution in [3.63, 3.8) is 0 Å². The smallest absolute Gasteiger partial charge is 0.314 e. The molecule has 0 saturated carbocycles. The number of urea groups is 1. The summed E-state index contributed by atoms with van der Waals surface area (Å²) >= 11 is 0. The molecule has 1 unspecified atom stereocenters. The lowest BCUT2D eigenvalue weighted by molar-refractivity contribution is 0.239. The molecular formula is C18H22FN3O. The SMILES string of the molecule is Cc1cccc(C(CNC(=O)NCCF)Cc2ccncc2)c1. The van der Waals surface area contributed by atoms with Gasteiger partial charge < -0.3 is 10.6 Å². The molecule has 2 aromatic rings. The van der Waals surface area contributed by atoms with Crippen molar-refractivity contribution in [2.24, 2.45) is 0 Å². The Balaban J connectivity index is 2.06. The zero-order chi connectivity index (χ0) is 16.5. The summed E-state index contributed by atoms with van der Waals surface area (Å²) in [5, 5.41) is 5.30. The molecule has 0 radical (unpaired) electrons. The monoisotopic (exact) mass is 315 g/mol. The number of hydrogen-bond acceptors (Lipinski definition) is 2. The summed E-state index contributed by atoms with van der Waals surface area (Å²) in [6.07, 6.45) is 4.34. The minimum absolute atomic E-state index is 0.0330. The summed E-state index contributed by atoms with van der Waals surface area (Å²) in [5.74, 6) is 0.147. The van der Waals surface area contributed by atoms with Gasteiger partial charge in [-0.25, -0.2) is 9.18 Å². The Bertz CT molecular complexity index is 619. The predicted octanol–water partition coefficient (Wildman–Crippen LogP) is 2.99. The maximum atomic E-state index is 12.1. The third-order valence-electron chi connectivity index (χ3n) is 3.63. The first kappa shape index (κ1) is 16.9. The Hall–Kier alpha value is -2.43. The van der Waals surface area contributed by atoms with Gasteiger partial charge in [-0.1, -0.05) is 29.8 Å². The highest BCUT2D eigenvalue weighted by molar-refractivity contribution is 5.73. The molecule has 2 amide bonds. The number of alkyl halides is 1. The minimum atomic E-state index is -0.564. The van der Waals surface area contributed by atoms with Crippen LogP contribution >= 0.6 is 0 Å². The zero-order valence-electron chi connectivity index (χ0n) is 13.3. The van der Waals surface area contributed by atoms with Crippen LogP contribution in [0.5, 0.6) is 0 Å². The second-order valence-corrected chi connectivity index (χ2v) is 5.50. The third-order valence-corrected chi connectivity index (χ3v) is 3.63. The van der Waals surface area contributed by atoms with E-state index in [0.29, 0.717) is 6.54 Å². The van der Waals surface area contributed by atoms with Gasteiger partial charge in [0, 0.05) is 31.4 Å². The van der Waals surface area contributed by atoms with Crippen molar-refractivity contribution < 1.29 is 9.18 Å². The number of pyridine rings is 1. The molecule has 2 N–H and O–H groups in total. The Morgan fingerprint density at radius 2 is 2.00 bits per heavy atom. The summed E-state index contributed by atoms with van der Waals surface area (Å²) in [6, 6.07) is 11.9. The first-order valence-corrected chi connectivity index (χ1v) is 7.72. The van der Waals surface area contributed by atoms with Crippen LogP contribution in [-0.4, -0.2) is 30.8 Å². The Morgan fingerprint density at radius 1 is 1.22 bits per heavy atom. The number of hydrogen-bond donors (Lipinski definition) is 2. The number of aryl methyl sites for hydroxylation is 1. The van der Waals surface area contributed by atoms with E-state index in [0.717, 1.165) is 12.0 Å². The van der Waals surface area contributed by atoms with E-state index in [4.69, 9.17) is 0 Å². The van der Waals surface area contributed by atoms with Gasteiger partial charge in [0.05, 0.1) is 0 Å². The fourth-order valence-electron chi connectivity index (χ4n) is 2.47. The van der Waals surface area contributed by atoms with Gasteiger partial charge >= 0.3 is 6.03 Å². The number of aromatic nitrogens is 1. The molecule has 23 heavy (non-hydrogen) atoms. The Morgan fingerprint density at radius 3 is 2.70 bits per heavy atom. The molecular weight excluding hydrogens is 293 g/mol. The molecule has 0 spiro atoms. The van der Waals surface area contributed by atoms with E-state index < -0.39 is 6.67 Å². The number of nitrogens with one attached hydrogen (secondary N) is 2. The molecule has 4 nitrogen and oxygen atoms in total. The molecule has 1 aromatic heterocycles. The number of benzene rings is 1. The van der Waals surface area contributed by atoms with Crippen molar-refractivity contribution in [1.29, 1.82) is 0 Å². The number of nitrogens with zero attached hydrogens (tertiary/aromatic N) is 1. The van der Waals surface area contributed by atoms with Crippen molar-refractivity contribution in [3.05, 3.63) is 65.5 Å². The van der Waals surface area contributed by atoms with E-state index in [1.54, 1.807) is 12.4 Å². The van der Waals surface area contributed by atoms with E-state index in [1.165, 1.54) is 11.1 Å². The summed E-state index contributed by atoms with van der Waals surface area (Å²) in [6.45, 7) is 2.01. The first-order chi connectivity index (χ1) is 11.2. The average molecular weight is 315 g/mol. The van der Waals surface area contributed by atoms with E-state index in [1.807, 2.05) is 31.2 Å². The molecule has 0 saturated heterocycles. The molecule has 2 rings (SSSR count). The van der Waals surface area contributed by atoms with Crippen molar-refractivity contribution in [2.45, 2.75) is 19.3 Å². The van der Waals surface area contributed by atoms with Gasteiger partial charge in [0.1, 0.15) is 6.67 Å². The molecule has 1 aromatic carbocycles. The fraction of sp³-hybridized carbons (Fsp3) is 0.333. The first-order valence-electron chi connectivity index (χ1n) is 7.72. The van der Waals surface area contributed by atoms with E-state index in [9.17, 15) is 9.18 Å². The van der Waals surface area contributed by atoms with Crippen LogP contribution < -0.4 is 10.6 Å². The van der Waals surface area contributed by atoms with Crippen molar-refractivity contribution in [1.82, 2.24) is 15.6 Å². The molecule has 5 heteroatoms. The number of halogens is 1. The van der Waals surface area contributed by atoms with Crippen LogP contribution in [0.3, 0.4) is 0 Å². The van der Waals surface area contributed by atoms with Crippen LogP contribution in [0, 0.1) is 6.92 Å². The van der Waals surface area contributed by atoms with Gasteiger partial charge in [-0.2, -0.15) is 0 Å². The molecule has 0 aliphatic carbocycles. The zero-order valence-corrected chi connectivity index (χ0v) is 13.3. The van der Waals surface area contributed by atoms with Crippen molar-refractivity contribution in [3.8, 4) is 0 Å². The summed E-state index contributed by atoms with van der Waals surface area (Å²) in [4.78, 5) is 15.7. The quantitative estimate of drug-likeness (QED) is 0.825. The van der Waals surface area contributed by atoms with Crippen LogP contribution in [0.2, 0.25) is 0 Å². The highest BCUT2D eigenvalue weighted by Gasteiger charge is 2.14. The van der Waals surface area contributed by atoms with Gasteiger partial charge in [-0.05, 0) is 36.6 Å². The lowest BCUT2D eigenvalue weighted by atomic mass is 9.91. The standard InChI is InChI=1S/C18H22FN3O/c1-14-3-2-4-16(11-14)17(12-15-5-8-20-9-6-15)13-22-18(23)21-10-7-19/h2-6,8-9,11,17H,7,10,12-13H2,1H3,(H2,21,22,23).